The van der Waals surface area contributed by atoms with E-state index in [1.807, 2.05) is 19.9 Å². The Balaban J connectivity index is 3.23. The zero-order valence-electron chi connectivity index (χ0n) is 11.8. The average Bonchev–Trinajstić information content (AvgIpc) is 2.61. The van der Waals surface area contributed by atoms with Gasteiger partial charge in [-0.1, -0.05) is 13.8 Å². The van der Waals surface area contributed by atoms with E-state index in [1.165, 1.54) is 0 Å². The average molecular weight is 272 g/mol. The number of carbonyl (C=O) groups is 1. The third kappa shape index (κ3) is 2.96. The third-order valence-corrected chi connectivity index (χ3v) is 3.59. The van der Waals surface area contributed by atoms with Gasteiger partial charge in [-0.25, -0.2) is 0 Å². The van der Waals surface area contributed by atoms with Gasteiger partial charge in [0.1, 0.15) is 0 Å². The highest BCUT2D eigenvalue weighted by Gasteiger charge is 2.22. The summed E-state index contributed by atoms with van der Waals surface area (Å²) in [4.78, 5) is 11.8. The van der Waals surface area contributed by atoms with Crippen molar-refractivity contribution in [2.75, 3.05) is 19.6 Å². The van der Waals surface area contributed by atoms with Gasteiger partial charge in [0.05, 0.1) is 18.5 Å². The van der Waals surface area contributed by atoms with Gasteiger partial charge < -0.3 is 9.30 Å². The first kappa shape index (κ1) is 15.3. The van der Waals surface area contributed by atoms with Gasteiger partial charge in [0, 0.05) is 24.1 Å². The summed E-state index contributed by atoms with van der Waals surface area (Å²) >= 11 is 5.64. The van der Waals surface area contributed by atoms with Gasteiger partial charge in [0.25, 0.3) is 0 Å². The molecule has 1 atom stereocenters. The Hall–Kier alpha value is -0.800. The lowest BCUT2D eigenvalue weighted by Gasteiger charge is -2.25. The molecule has 4 heteroatoms. The molecule has 0 aliphatic rings. The topological polar surface area (TPSA) is 31.2 Å². The summed E-state index contributed by atoms with van der Waals surface area (Å²) in [6.07, 6.45) is 0. The molecule has 1 aromatic rings. The van der Waals surface area contributed by atoms with Gasteiger partial charge in [-0.05, 0) is 25.8 Å². The monoisotopic (exact) mass is 271 g/mol. The molecule has 0 bridgehead atoms. The van der Waals surface area contributed by atoms with Crippen LogP contribution in [0.5, 0.6) is 0 Å². The van der Waals surface area contributed by atoms with E-state index in [9.17, 15) is 4.79 Å². The highest BCUT2D eigenvalue weighted by molar-refractivity contribution is 6.30. The Labute approximate surface area is 114 Å². The number of nitrogens with zero attached hydrogens (tertiary/aromatic N) is 1. The van der Waals surface area contributed by atoms with E-state index in [1.54, 1.807) is 7.11 Å². The lowest BCUT2D eigenvalue weighted by Crippen LogP contribution is -2.22. The lowest BCUT2D eigenvalue weighted by atomic mass is 10.0. The van der Waals surface area contributed by atoms with Crippen molar-refractivity contribution in [3.63, 3.8) is 0 Å². The molecule has 0 saturated heterocycles. The predicted molar refractivity (Wildman–Crippen MR) is 74.7 cm³/mol. The number of hydrogen-bond acceptors (Lipinski definition) is 2. The van der Waals surface area contributed by atoms with Crippen molar-refractivity contribution in [2.24, 2.45) is 5.92 Å². The van der Waals surface area contributed by atoms with Crippen molar-refractivity contribution < 1.29 is 9.53 Å². The van der Waals surface area contributed by atoms with Gasteiger partial charge in [0.2, 0.25) is 0 Å². The van der Waals surface area contributed by atoms with E-state index in [4.69, 9.17) is 16.3 Å². The fourth-order valence-electron chi connectivity index (χ4n) is 2.38. The Kier molecular flexibility index (Phi) is 5.42. The molecule has 18 heavy (non-hydrogen) atoms. The molecule has 1 unspecified atom stereocenters. The van der Waals surface area contributed by atoms with Crippen LogP contribution in [0.4, 0.5) is 0 Å². The molecule has 0 spiro atoms. The van der Waals surface area contributed by atoms with Crippen LogP contribution >= 0.6 is 11.6 Å². The number of halogens is 1. The van der Waals surface area contributed by atoms with Crippen LogP contribution in [0.15, 0.2) is 6.07 Å². The second-order valence-electron chi connectivity index (χ2n) is 4.98. The second kappa shape index (κ2) is 6.39. The summed E-state index contributed by atoms with van der Waals surface area (Å²) in [5, 5.41) is 0. The fraction of sp³-hybridized carbons (Fsp3) is 0.643. The van der Waals surface area contributed by atoms with E-state index in [2.05, 4.69) is 18.4 Å². The first-order chi connectivity index (χ1) is 8.43. The Bertz CT molecular complexity index is 424. The summed E-state index contributed by atoms with van der Waals surface area (Å²) in [5.41, 5.74) is 2.79. The summed E-state index contributed by atoms with van der Waals surface area (Å²) in [6, 6.07) is 2.16. The standard InChI is InChI=1S/C14H22ClNO2/c1-9(2)13(8-18-5)16-10(3)6-12(11(16)4)14(17)7-15/h6,9,13H,7-8H2,1-5H3. The normalized spacial score (nSPS) is 13.1. The highest BCUT2D eigenvalue weighted by atomic mass is 35.5. The van der Waals surface area contributed by atoms with Gasteiger partial charge in [-0.2, -0.15) is 0 Å². The number of hydrogen-bond donors (Lipinski definition) is 0. The van der Waals surface area contributed by atoms with Crippen LogP contribution in [-0.4, -0.2) is 29.9 Å². The van der Waals surface area contributed by atoms with E-state index < -0.39 is 0 Å². The van der Waals surface area contributed by atoms with Crippen molar-refractivity contribution in [2.45, 2.75) is 33.7 Å². The minimum absolute atomic E-state index is 0.0176. The molecule has 0 saturated carbocycles. The van der Waals surface area contributed by atoms with Crippen LogP contribution in [0, 0.1) is 19.8 Å². The van der Waals surface area contributed by atoms with E-state index in [-0.39, 0.29) is 17.7 Å². The van der Waals surface area contributed by atoms with Crippen molar-refractivity contribution in [1.29, 1.82) is 0 Å². The number of ether oxygens (including phenoxy) is 1. The molecule has 3 nitrogen and oxygen atoms in total. The molecule has 0 fully saturated rings. The molecule has 1 rings (SSSR count). The van der Waals surface area contributed by atoms with Crippen LogP contribution in [0.25, 0.3) is 0 Å². The molecule has 0 aromatic carbocycles. The fourth-order valence-corrected chi connectivity index (χ4v) is 2.52. The minimum atomic E-state index is -0.0176. The maximum Gasteiger partial charge on any atom is 0.179 e. The summed E-state index contributed by atoms with van der Waals surface area (Å²) in [6.45, 7) is 8.95. The summed E-state index contributed by atoms with van der Waals surface area (Å²) < 4.78 is 7.48. The molecule has 1 aromatic heterocycles. The number of methoxy groups -OCH3 is 1. The molecule has 0 amide bonds. The van der Waals surface area contributed by atoms with Crippen LogP contribution in [0.3, 0.4) is 0 Å². The van der Waals surface area contributed by atoms with Crippen molar-refractivity contribution >= 4 is 17.4 Å². The van der Waals surface area contributed by atoms with Crippen LogP contribution in [-0.2, 0) is 4.74 Å². The first-order valence-corrected chi connectivity index (χ1v) is 6.74. The molecule has 0 aliphatic carbocycles. The lowest BCUT2D eigenvalue weighted by molar-refractivity contribution is 0.101. The third-order valence-electron chi connectivity index (χ3n) is 3.34. The number of alkyl halides is 1. The maximum absolute atomic E-state index is 11.8. The molecule has 102 valence electrons. The van der Waals surface area contributed by atoms with Gasteiger partial charge in [-0.15, -0.1) is 11.6 Å². The number of ketones is 1. The second-order valence-corrected chi connectivity index (χ2v) is 5.25. The smallest absolute Gasteiger partial charge is 0.179 e. The highest BCUT2D eigenvalue weighted by Crippen LogP contribution is 2.26. The molecule has 0 aliphatic heterocycles. The minimum Gasteiger partial charge on any atom is -0.383 e. The van der Waals surface area contributed by atoms with Gasteiger partial charge in [0.15, 0.2) is 5.78 Å². The molecule has 0 N–H and O–H groups in total. The summed E-state index contributed by atoms with van der Waals surface area (Å²) in [7, 11) is 1.70. The van der Waals surface area contributed by atoms with Crippen LogP contribution < -0.4 is 0 Å². The predicted octanol–water partition coefficient (Wildman–Crippen LogP) is 3.37. The molecular weight excluding hydrogens is 250 g/mol. The number of Topliss-reactive ketones (excluding diaryl/α,β-unsaturated/α-hetero) is 1. The Morgan fingerprint density at radius 1 is 1.44 bits per heavy atom. The largest absolute Gasteiger partial charge is 0.383 e. The molecule has 1 heterocycles. The first-order valence-electron chi connectivity index (χ1n) is 6.20. The number of carbonyl (C=O) groups excluding carboxylic acids is 1. The van der Waals surface area contributed by atoms with Gasteiger partial charge in [-0.3, -0.25) is 4.79 Å². The van der Waals surface area contributed by atoms with Crippen LogP contribution in [0.2, 0.25) is 0 Å². The Morgan fingerprint density at radius 2 is 2.06 bits per heavy atom. The van der Waals surface area contributed by atoms with E-state index in [0.29, 0.717) is 12.5 Å². The van der Waals surface area contributed by atoms with Crippen LogP contribution in [0.1, 0.15) is 41.6 Å². The van der Waals surface area contributed by atoms with Crippen molar-refractivity contribution in [1.82, 2.24) is 4.57 Å². The van der Waals surface area contributed by atoms with E-state index in [0.717, 1.165) is 17.0 Å². The SMILES string of the molecule is COCC(C(C)C)n1c(C)cc(C(=O)CCl)c1C. The zero-order chi connectivity index (χ0) is 13.9. The quantitative estimate of drug-likeness (QED) is 0.587. The maximum atomic E-state index is 11.8. The molecule has 0 radical (unpaired) electrons. The van der Waals surface area contributed by atoms with E-state index >= 15 is 0 Å². The van der Waals surface area contributed by atoms with Crippen molar-refractivity contribution in [3.05, 3.63) is 23.0 Å². The van der Waals surface area contributed by atoms with Gasteiger partial charge >= 0.3 is 0 Å². The number of aryl methyl sites for hydroxylation is 1. The number of aromatic nitrogens is 1. The summed E-state index contributed by atoms with van der Waals surface area (Å²) in [5.74, 6) is 0.450. The van der Waals surface area contributed by atoms with Crippen molar-refractivity contribution in [3.8, 4) is 0 Å². The molecular formula is C14H22ClNO2. The Morgan fingerprint density at radius 3 is 2.50 bits per heavy atom. The number of rotatable bonds is 6. The zero-order valence-corrected chi connectivity index (χ0v) is 12.5.